The summed E-state index contributed by atoms with van der Waals surface area (Å²) in [5.41, 5.74) is 5.75. The summed E-state index contributed by atoms with van der Waals surface area (Å²) in [6, 6.07) is 0. The third-order valence-electron chi connectivity index (χ3n) is 0. The van der Waals surface area contributed by atoms with Gasteiger partial charge in [0.15, 0.2) is 0 Å². The molecule has 0 fully saturated rings. The van der Waals surface area contributed by atoms with Gasteiger partial charge < -0.3 is 20.4 Å². The molecule has 0 aliphatic carbocycles. The Balaban J connectivity index is -0.0000000750. The van der Waals surface area contributed by atoms with Crippen molar-refractivity contribution < 1.29 is 45.4 Å². The van der Waals surface area contributed by atoms with Crippen molar-refractivity contribution in [3.05, 3.63) is 5.73 Å². The quantitative estimate of drug-likeness (QED) is 0.488. The zero-order chi connectivity index (χ0) is 6.50. The molecule has 0 radical (unpaired) electrons. The molecule has 8 heavy (non-hydrogen) atoms. The summed E-state index contributed by atoms with van der Waals surface area (Å²) < 4.78 is 8.88. The molecule has 0 heterocycles. The molecule has 0 aliphatic rings. The van der Waals surface area contributed by atoms with Gasteiger partial charge in [-0.15, -0.1) is 0 Å². The molecule has 0 amide bonds. The van der Waals surface area contributed by atoms with E-state index in [0.717, 1.165) is 0 Å². The predicted octanol–water partition coefficient (Wildman–Crippen LogP) is -0.263. The smallest absolute Gasteiger partial charge is 0.466 e. The molecule has 0 saturated carbocycles. The molecule has 0 aromatic heterocycles. The largest absolute Gasteiger partial charge is 0.680 e. The summed E-state index contributed by atoms with van der Waals surface area (Å²) in [5, 5.41) is 0. The van der Waals surface area contributed by atoms with E-state index in [9.17, 15) is 0 Å². The summed E-state index contributed by atoms with van der Waals surface area (Å²) in [7, 11) is -3.39. The Bertz CT molecular complexity index is 62.2. The number of nitrogens with one attached hydrogen (secondary N) is 1. The second-order valence-corrected chi connectivity index (χ2v) is 1.54. The summed E-state index contributed by atoms with van der Waals surface area (Å²) in [6.45, 7) is 0. The Morgan fingerprint density at radius 2 is 1.25 bits per heavy atom. The number of hydrogen-bond acceptors (Lipinski definition) is 1. The van der Waals surface area contributed by atoms with Crippen LogP contribution in [0.5, 0.6) is 0 Å². The fraction of sp³-hybridized carbons (Fsp3) is 1.00. The normalized spacial score (nSPS) is 8.12. The Morgan fingerprint density at radius 1 is 1.25 bits per heavy atom. The van der Waals surface area contributed by atoms with Crippen LogP contribution in [0.15, 0.2) is 0 Å². The Labute approximate surface area is 66.3 Å². The Morgan fingerprint density at radius 3 is 1.25 bits per heavy atom. The van der Waals surface area contributed by atoms with E-state index in [4.69, 9.17) is 25.0 Å². The van der Waals surface area contributed by atoms with E-state index in [1.165, 1.54) is 7.05 Å². The maximum Gasteiger partial charge on any atom is 0.466 e. The van der Waals surface area contributed by atoms with Crippen molar-refractivity contribution in [2.24, 2.45) is 0 Å². The topological polar surface area (TPSA) is 102 Å². The molecule has 7 heteroatoms. The van der Waals surface area contributed by atoms with E-state index in [1.807, 2.05) is 0 Å². The predicted molar refractivity (Wildman–Crippen MR) is 24.5 cm³/mol. The van der Waals surface area contributed by atoms with Gasteiger partial charge in [0.1, 0.15) is 0 Å². The summed E-state index contributed by atoms with van der Waals surface area (Å²) >= 11 is 0. The van der Waals surface area contributed by atoms with Crippen LogP contribution in [-0.4, -0.2) is 21.7 Å². The van der Waals surface area contributed by atoms with E-state index in [2.05, 4.69) is 0 Å². The first kappa shape index (κ1) is 16.0. The van der Waals surface area contributed by atoms with Crippen LogP contribution in [-0.2, 0) is 30.8 Å². The van der Waals surface area contributed by atoms with Crippen LogP contribution in [0.3, 0.4) is 0 Å². The van der Waals surface area contributed by atoms with Crippen LogP contribution in [0.25, 0.3) is 5.73 Å². The average molecular weight is 219 g/mol. The third-order valence-corrected chi connectivity index (χ3v) is 0. The van der Waals surface area contributed by atoms with Crippen molar-refractivity contribution >= 4 is 7.82 Å². The Kier molecular flexibility index (Phi) is 15.9. The van der Waals surface area contributed by atoms with E-state index >= 15 is 0 Å². The maximum atomic E-state index is 8.88. The molecule has 0 unspecified atom stereocenters. The van der Waals surface area contributed by atoms with E-state index < -0.39 is 7.82 Å². The van der Waals surface area contributed by atoms with Gasteiger partial charge in [-0.1, -0.05) is 0 Å². The molecular weight excluding hydrogens is 212 g/mol. The second kappa shape index (κ2) is 7.95. The van der Waals surface area contributed by atoms with Crippen molar-refractivity contribution in [3.63, 3.8) is 0 Å². The molecule has 0 rings (SSSR count). The van der Waals surface area contributed by atoms with E-state index in [-0.39, 0.29) is 26.2 Å². The second-order valence-electron chi connectivity index (χ2n) is 0.513. The van der Waals surface area contributed by atoms with Crippen molar-refractivity contribution in [1.82, 2.24) is 0 Å². The first-order valence-electron chi connectivity index (χ1n) is 1.28. The van der Waals surface area contributed by atoms with Crippen LogP contribution in [0.1, 0.15) is 0 Å². The van der Waals surface area contributed by atoms with Crippen LogP contribution in [0.4, 0.5) is 0 Å². The first-order valence-corrected chi connectivity index (χ1v) is 2.85. The number of hydrogen-bond donors (Lipinski definition) is 3. The van der Waals surface area contributed by atoms with Crippen molar-refractivity contribution in [3.8, 4) is 0 Å². The maximum absolute atomic E-state index is 8.88. The Hall–Kier alpha value is 0.953. The zero-order valence-electron chi connectivity index (χ0n) is 4.20. The van der Waals surface area contributed by atoms with Gasteiger partial charge >= 0.3 is 7.82 Å². The summed E-state index contributed by atoms with van der Waals surface area (Å²) in [6.07, 6.45) is 0. The molecule has 4 N–H and O–H groups in total. The van der Waals surface area contributed by atoms with Gasteiger partial charge in [0.25, 0.3) is 0 Å². The minimum Gasteiger partial charge on any atom is -0.680 e. The van der Waals surface area contributed by atoms with Crippen molar-refractivity contribution in [1.29, 1.82) is 0 Å². The molecule has 0 spiro atoms. The molecular formula is CH7NO4PZr-. The zero-order valence-corrected chi connectivity index (χ0v) is 7.55. The van der Waals surface area contributed by atoms with Crippen LogP contribution >= 0.6 is 7.82 Å². The molecule has 0 aromatic carbocycles. The van der Waals surface area contributed by atoms with Crippen molar-refractivity contribution in [2.75, 3.05) is 7.05 Å². The number of phosphoric acid groups is 1. The summed E-state index contributed by atoms with van der Waals surface area (Å²) in [4.78, 5) is 21.6. The van der Waals surface area contributed by atoms with Gasteiger partial charge in [0, 0.05) is 26.2 Å². The van der Waals surface area contributed by atoms with Gasteiger partial charge in [-0.05, 0) is 0 Å². The van der Waals surface area contributed by atoms with Gasteiger partial charge in [0.05, 0.1) is 0 Å². The standard InChI is InChI=1S/CH4N.H3O4P.Zr/c1-2;1-5(2,3)4;/h2H,1H3;(H3,1,2,3,4);/q-1;;. The van der Waals surface area contributed by atoms with Gasteiger partial charge in [-0.3, -0.25) is 0 Å². The van der Waals surface area contributed by atoms with Crippen LogP contribution in [0.2, 0.25) is 0 Å². The van der Waals surface area contributed by atoms with Crippen LogP contribution in [0, 0.1) is 0 Å². The summed E-state index contributed by atoms with van der Waals surface area (Å²) in [5.74, 6) is 0. The fourth-order valence-corrected chi connectivity index (χ4v) is 0. The average Bonchev–Trinajstić information content (AvgIpc) is 1.36. The monoisotopic (exact) mass is 218 g/mol. The number of rotatable bonds is 0. The van der Waals surface area contributed by atoms with E-state index in [0.29, 0.717) is 0 Å². The minimum atomic E-state index is -4.64. The van der Waals surface area contributed by atoms with Crippen LogP contribution < -0.4 is 0 Å². The SMILES string of the molecule is C[NH-].O=P(O)(O)O.[Zr]. The minimum absolute atomic E-state index is 0. The molecule has 0 aromatic rings. The molecule has 0 saturated heterocycles. The van der Waals surface area contributed by atoms with E-state index in [1.54, 1.807) is 0 Å². The molecule has 5 nitrogen and oxygen atoms in total. The fourth-order valence-electron chi connectivity index (χ4n) is 0. The molecule has 0 atom stereocenters. The van der Waals surface area contributed by atoms with Gasteiger partial charge in [-0.2, -0.15) is 7.05 Å². The molecule has 0 bridgehead atoms. The third kappa shape index (κ3) is 271. The van der Waals surface area contributed by atoms with Gasteiger partial charge in [-0.25, -0.2) is 4.57 Å². The molecule has 50 valence electrons. The van der Waals surface area contributed by atoms with Gasteiger partial charge in [0.2, 0.25) is 0 Å². The molecule has 0 aliphatic heterocycles. The first-order chi connectivity index (χ1) is 3.00. The van der Waals surface area contributed by atoms with Crippen molar-refractivity contribution in [2.45, 2.75) is 0 Å².